The Morgan fingerprint density at radius 1 is 1.20 bits per heavy atom. The van der Waals surface area contributed by atoms with Crippen LogP contribution in [0.4, 0.5) is 5.69 Å². The molecular formula is C16H27N3O. The fourth-order valence-corrected chi connectivity index (χ4v) is 2.48. The second-order valence-corrected chi connectivity index (χ2v) is 5.82. The summed E-state index contributed by atoms with van der Waals surface area (Å²) in [6.45, 7) is 3.95. The lowest BCUT2D eigenvalue weighted by molar-refractivity contribution is 0.281. The predicted octanol–water partition coefficient (Wildman–Crippen LogP) is 1.94. The molecule has 1 saturated heterocycles. The van der Waals surface area contributed by atoms with Crippen molar-refractivity contribution in [2.24, 2.45) is 5.73 Å². The summed E-state index contributed by atoms with van der Waals surface area (Å²) >= 11 is 0. The summed E-state index contributed by atoms with van der Waals surface area (Å²) in [6.07, 6.45) is 3.23. The van der Waals surface area contributed by atoms with Gasteiger partial charge in [-0.15, -0.1) is 0 Å². The van der Waals surface area contributed by atoms with E-state index in [-0.39, 0.29) is 0 Å². The summed E-state index contributed by atoms with van der Waals surface area (Å²) in [6, 6.07) is 8.82. The lowest BCUT2D eigenvalue weighted by atomic mass is 10.1. The van der Waals surface area contributed by atoms with E-state index in [9.17, 15) is 0 Å². The zero-order valence-corrected chi connectivity index (χ0v) is 12.7. The van der Waals surface area contributed by atoms with Gasteiger partial charge >= 0.3 is 0 Å². The first-order valence-electron chi connectivity index (χ1n) is 7.53. The second-order valence-electron chi connectivity index (χ2n) is 5.82. The summed E-state index contributed by atoms with van der Waals surface area (Å²) in [5.41, 5.74) is 7.21. The van der Waals surface area contributed by atoms with Gasteiger partial charge in [0.2, 0.25) is 0 Å². The van der Waals surface area contributed by atoms with Crippen LogP contribution >= 0.6 is 0 Å². The second kappa shape index (κ2) is 7.50. The molecule has 1 aromatic carbocycles. The first-order chi connectivity index (χ1) is 9.65. The molecule has 1 fully saturated rings. The van der Waals surface area contributed by atoms with E-state index in [1.165, 1.54) is 5.69 Å². The molecule has 0 aliphatic carbocycles. The maximum atomic E-state index is 5.94. The monoisotopic (exact) mass is 277 g/mol. The van der Waals surface area contributed by atoms with E-state index in [4.69, 9.17) is 10.5 Å². The van der Waals surface area contributed by atoms with E-state index in [1.807, 2.05) is 0 Å². The maximum absolute atomic E-state index is 5.94. The average Bonchev–Trinajstić information content (AvgIpc) is 2.45. The average molecular weight is 277 g/mol. The van der Waals surface area contributed by atoms with Crippen molar-refractivity contribution in [2.45, 2.75) is 25.3 Å². The van der Waals surface area contributed by atoms with Crippen molar-refractivity contribution in [3.63, 3.8) is 0 Å². The van der Waals surface area contributed by atoms with Gasteiger partial charge in [-0.1, -0.05) is 0 Å². The molecule has 1 aliphatic heterocycles. The molecule has 112 valence electrons. The summed E-state index contributed by atoms with van der Waals surface area (Å²) in [7, 11) is 4.17. The van der Waals surface area contributed by atoms with Crippen LogP contribution in [0.15, 0.2) is 24.3 Å². The van der Waals surface area contributed by atoms with E-state index in [0.29, 0.717) is 6.04 Å². The van der Waals surface area contributed by atoms with Crippen molar-refractivity contribution in [2.75, 3.05) is 45.2 Å². The molecule has 0 aromatic heterocycles. The third-order valence-electron chi connectivity index (χ3n) is 3.76. The number of nitrogens with two attached hydrogens (primary N) is 1. The number of hydrogen-bond acceptors (Lipinski definition) is 4. The van der Waals surface area contributed by atoms with Gasteiger partial charge in [0.25, 0.3) is 0 Å². The molecule has 4 heteroatoms. The van der Waals surface area contributed by atoms with Crippen LogP contribution in [0.3, 0.4) is 0 Å². The molecule has 0 amide bonds. The Morgan fingerprint density at radius 2 is 1.85 bits per heavy atom. The van der Waals surface area contributed by atoms with Gasteiger partial charge in [-0.25, -0.2) is 0 Å². The van der Waals surface area contributed by atoms with Gasteiger partial charge in [-0.3, -0.25) is 0 Å². The maximum Gasteiger partial charge on any atom is 0.119 e. The molecule has 1 aromatic rings. The van der Waals surface area contributed by atoms with Crippen LogP contribution in [0.25, 0.3) is 0 Å². The summed E-state index contributed by atoms with van der Waals surface area (Å²) in [5.74, 6) is 0.959. The molecule has 1 aliphatic rings. The predicted molar refractivity (Wildman–Crippen MR) is 84.5 cm³/mol. The number of nitrogens with zero attached hydrogens (tertiary/aromatic N) is 2. The van der Waals surface area contributed by atoms with Gasteiger partial charge in [0.05, 0.1) is 6.61 Å². The number of benzene rings is 1. The van der Waals surface area contributed by atoms with Gasteiger partial charge in [-0.05, 0) is 57.6 Å². The van der Waals surface area contributed by atoms with Crippen LogP contribution < -0.4 is 15.4 Å². The molecule has 2 N–H and O–H groups in total. The number of piperidine rings is 1. The van der Waals surface area contributed by atoms with Gasteiger partial charge in [0.1, 0.15) is 5.75 Å². The van der Waals surface area contributed by atoms with Crippen LogP contribution in [0, 0.1) is 0 Å². The Morgan fingerprint density at radius 3 is 2.45 bits per heavy atom. The fourth-order valence-electron chi connectivity index (χ4n) is 2.48. The normalized spacial score (nSPS) is 16.7. The molecule has 2 rings (SSSR count). The highest BCUT2D eigenvalue weighted by Gasteiger charge is 2.16. The van der Waals surface area contributed by atoms with E-state index in [0.717, 1.165) is 51.3 Å². The largest absolute Gasteiger partial charge is 0.494 e. The van der Waals surface area contributed by atoms with Crippen LogP contribution in [0.2, 0.25) is 0 Å². The van der Waals surface area contributed by atoms with Crippen molar-refractivity contribution in [3.05, 3.63) is 24.3 Å². The van der Waals surface area contributed by atoms with Gasteiger partial charge in [-0.2, -0.15) is 0 Å². The zero-order valence-electron chi connectivity index (χ0n) is 12.7. The fraction of sp³-hybridized carbons (Fsp3) is 0.625. The molecular weight excluding hydrogens is 250 g/mol. The molecule has 0 unspecified atom stereocenters. The third kappa shape index (κ3) is 4.69. The van der Waals surface area contributed by atoms with Crippen molar-refractivity contribution in [1.29, 1.82) is 0 Å². The Hall–Kier alpha value is -1.26. The highest BCUT2D eigenvalue weighted by Crippen LogP contribution is 2.22. The van der Waals surface area contributed by atoms with E-state index >= 15 is 0 Å². The van der Waals surface area contributed by atoms with Crippen LogP contribution in [0.5, 0.6) is 5.75 Å². The molecule has 0 radical (unpaired) electrons. The summed E-state index contributed by atoms with van der Waals surface area (Å²) in [4.78, 5) is 4.58. The Kier molecular flexibility index (Phi) is 5.68. The third-order valence-corrected chi connectivity index (χ3v) is 3.76. The molecule has 1 heterocycles. The minimum Gasteiger partial charge on any atom is -0.494 e. The summed E-state index contributed by atoms with van der Waals surface area (Å²) < 4.78 is 5.75. The first-order valence-corrected chi connectivity index (χ1v) is 7.53. The molecule has 0 spiro atoms. The standard InChI is InChI=1S/C16H27N3O/c1-18(2)10-3-13-20-16-6-4-15(5-7-16)19-11-8-14(17)9-12-19/h4-7,14H,3,8-13,17H2,1-2H3. The van der Waals surface area contributed by atoms with Crippen molar-refractivity contribution in [1.82, 2.24) is 4.90 Å². The number of ether oxygens (including phenoxy) is 1. The van der Waals surface area contributed by atoms with Gasteiger partial charge < -0.3 is 20.3 Å². The van der Waals surface area contributed by atoms with Crippen LogP contribution in [-0.4, -0.2) is 51.3 Å². The SMILES string of the molecule is CN(C)CCCOc1ccc(N2CCC(N)CC2)cc1. The van der Waals surface area contributed by atoms with Crippen LogP contribution in [0.1, 0.15) is 19.3 Å². The van der Waals surface area contributed by atoms with Gasteiger partial charge in [0, 0.05) is 31.4 Å². The number of rotatable bonds is 6. The molecule has 0 atom stereocenters. The Balaban J connectivity index is 1.77. The Labute approximate surface area is 122 Å². The molecule has 4 nitrogen and oxygen atoms in total. The highest BCUT2D eigenvalue weighted by atomic mass is 16.5. The van der Waals surface area contributed by atoms with Crippen molar-refractivity contribution in [3.8, 4) is 5.75 Å². The number of hydrogen-bond donors (Lipinski definition) is 1. The topological polar surface area (TPSA) is 41.7 Å². The highest BCUT2D eigenvalue weighted by molar-refractivity contribution is 5.49. The van der Waals surface area contributed by atoms with Crippen molar-refractivity contribution < 1.29 is 4.74 Å². The smallest absolute Gasteiger partial charge is 0.119 e. The quantitative estimate of drug-likeness (QED) is 0.807. The zero-order chi connectivity index (χ0) is 14.4. The summed E-state index contributed by atoms with van der Waals surface area (Å²) in [5, 5.41) is 0. The van der Waals surface area contributed by atoms with Crippen molar-refractivity contribution >= 4 is 5.69 Å². The van der Waals surface area contributed by atoms with Crippen LogP contribution in [-0.2, 0) is 0 Å². The molecule has 0 bridgehead atoms. The van der Waals surface area contributed by atoms with E-state index < -0.39 is 0 Å². The number of anilines is 1. The minimum absolute atomic E-state index is 0.380. The lowest BCUT2D eigenvalue weighted by Gasteiger charge is -2.32. The van der Waals surface area contributed by atoms with E-state index in [2.05, 4.69) is 48.2 Å². The van der Waals surface area contributed by atoms with Gasteiger partial charge in [0.15, 0.2) is 0 Å². The molecule has 20 heavy (non-hydrogen) atoms. The molecule has 0 saturated carbocycles. The first kappa shape index (κ1) is 15.1. The lowest BCUT2D eigenvalue weighted by Crippen LogP contribution is -2.39. The minimum atomic E-state index is 0.380. The van der Waals surface area contributed by atoms with E-state index in [1.54, 1.807) is 0 Å². The Bertz CT molecular complexity index is 383.